The Morgan fingerprint density at radius 1 is 1.50 bits per heavy atom. The average Bonchev–Trinajstić information content (AvgIpc) is 2.97. The molecule has 1 saturated carbocycles. The van der Waals surface area contributed by atoms with E-state index in [2.05, 4.69) is 12.2 Å². The Hall–Kier alpha value is -0.580. The molecule has 0 spiro atoms. The number of hydrogen-bond acceptors (Lipinski definition) is 3. The Morgan fingerprint density at radius 2 is 2.17 bits per heavy atom. The zero-order chi connectivity index (χ0) is 12.3. The van der Waals surface area contributed by atoms with Crippen LogP contribution >= 0.6 is 23.7 Å². The van der Waals surface area contributed by atoms with Gasteiger partial charge < -0.3 is 11.1 Å². The summed E-state index contributed by atoms with van der Waals surface area (Å²) in [5.74, 6) is 0.0594. The fourth-order valence-corrected chi connectivity index (χ4v) is 3.43. The van der Waals surface area contributed by atoms with Gasteiger partial charge in [-0.1, -0.05) is 19.8 Å². The highest BCUT2D eigenvalue weighted by molar-refractivity contribution is 7.12. The topological polar surface area (TPSA) is 55.1 Å². The fraction of sp³-hybridized carbons (Fsp3) is 0.615. The second-order valence-corrected chi connectivity index (χ2v) is 5.69. The molecule has 1 aliphatic carbocycles. The molecule has 1 aromatic heterocycles. The standard InChI is InChI=1S/C13H20N2OS.ClH/c1-2-10-5-8-17-11(10)12(16)15-13(9-14)6-3-4-7-13;/h5,8H,2-4,6-7,9,14H2,1H3,(H,15,16);1H. The van der Waals surface area contributed by atoms with Gasteiger partial charge in [0.1, 0.15) is 0 Å². The van der Waals surface area contributed by atoms with Crippen molar-refractivity contribution in [3.63, 3.8) is 0 Å². The predicted molar refractivity (Wildman–Crippen MR) is 78.7 cm³/mol. The third-order valence-corrected chi connectivity index (χ3v) is 4.62. The number of hydrogen-bond donors (Lipinski definition) is 2. The van der Waals surface area contributed by atoms with Gasteiger partial charge in [-0.05, 0) is 36.3 Å². The second kappa shape index (κ2) is 6.55. The first kappa shape index (κ1) is 15.5. The molecule has 1 aliphatic rings. The Balaban J connectivity index is 0.00000162. The summed E-state index contributed by atoms with van der Waals surface area (Å²) in [7, 11) is 0. The molecule has 1 aromatic rings. The lowest BCUT2D eigenvalue weighted by molar-refractivity contribution is 0.0906. The Bertz CT molecular complexity index is 399. The SMILES string of the molecule is CCc1ccsc1C(=O)NC1(CN)CCCC1.Cl. The lowest BCUT2D eigenvalue weighted by Gasteiger charge is -2.28. The maximum absolute atomic E-state index is 12.2. The zero-order valence-electron chi connectivity index (χ0n) is 10.7. The number of halogens is 1. The number of rotatable bonds is 4. The molecule has 3 N–H and O–H groups in total. The Labute approximate surface area is 119 Å². The van der Waals surface area contributed by atoms with E-state index in [0.717, 1.165) is 29.7 Å². The molecule has 1 amide bonds. The van der Waals surface area contributed by atoms with Crippen LogP contribution in [-0.4, -0.2) is 18.0 Å². The monoisotopic (exact) mass is 288 g/mol. The largest absolute Gasteiger partial charge is 0.345 e. The van der Waals surface area contributed by atoms with Crippen LogP contribution in [-0.2, 0) is 6.42 Å². The number of nitrogens with two attached hydrogens (primary N) is 1. The Morgan fingerprint density at radius 3 is 2.72 bits per heavy atom. The second-order valence-electron chi connectivity index (χ2n) is 4.77. The van der Waals surface area contributed by atoms with Gasteiger partial charge in [0.2, 0.25) is 0 Å². The van der Waals surface area contributed by atoms with Crippen molar-refractivity contribution in [3.05, 3.63) is 21.9 Å². The number of aryl methyl sites for hydroxylation is 1. The number of amides is 1. The number of thiophene rings is 1. The minimum atomic E-state index is -0.147. The smallest absolute Gasteiger partial charge is 0.262 e. The lowest BCUT2D eigenvalue weighted by Crippen LogP contribution is -2.51. The number of carbonyl (C=O) groups excluding carboxylic acids is 1. The molecule has 0 aromatic carbocycles. The summed E-state index contributed by atoms with van der Waals surface area (Å²) in [6.07, 6.45) is 5.27. The summed E-state index contributed by atoms with van der Waals surface area (Å²) in [6.45, 7) is 2.62. The highest BCUT2D eigenvalue weighted by atomic mass is 35.5. The van der Waals surface area contributed by atoms with Gasteiger partial charge in [-0.25, -0.2) is 0 Å². The minimum absolute atomic E-state index is 0. The van der Waals surface area contributed by atoms with Gasteiger partial charge in [0.15, 0.2) is 0 Å². The van der Waals surface area contributed by atoms with E-state index in [1.807, 2.05) is 11.4 Å². The van der Waals surface area contributed by atoms with Gasteiger partial charge >= 0.3 is 0 Å². The molecule has 0 radical (unpaired) electrons. The lowest BCUT2D eigenvalue weighted by atomic mass is 9.97. The molecular weight excluding hydrogens is 268 g/mol. The molecule has 5 heteroatoms. The van der Waals surface area contributed by atoms with Crippen molar-refractivity contribution < 1.29 is 4.79 Å². The third kappa shape index (κ3) is 3.05. The average molecular weight is 289 g/mol. The quantitative estimate of drug-likeness (QED) is 0.895. The summed E-state index contributed by atoms with van der Waals surface area (Å²) >= 11 is 1.52. The van der Waals surface area contributed by atoms with Crippen LogP contribution in [0.25, 0.3) is 0 Å². The van der Waals surface area contributed by atoms with Crippen molar-refractivity contribution in [3.8, 4) is 0 Å². The van der Waals surface area contributed by atoms with Crippen molar-refractivity contribution in [1.29, 1.82) is 0 Å². The molecular formula is C13H21ClN2OS. The van der Waals surface area contributed by atoms with E-state index in [9.17, 15) is 4.79 Å². The van der Waals surface area contributed by atoms with E-state index in [1.54, 1.807) is 0 Å². The van der Waals surface area contributed by atoms with Crippen molar-refractivity contribution in [2.45, 2.75) is 44.6 Å². The molecule has 2 rings (SSSR count). The fourth-order valence-electron chi connectivity index (χ4n) is 2.54. The summed E-state index contributed by atoms with van der Waals surface area (Å²) in [5, 5.41) is 5.15. The van der Waals surface area contributed by atoms with E-state index >= 15 is 0 Å². The first-order valence-electron chi connectivity index (χ1n) is 6.30. The first-order chi connectivity index (χ1) is 8.21. The van der Waals surface area contributed by atoms with Crippen molar-refractivity contribution in [1.82, 2.24) is 5.32 Å². The maximum Gasteiger partial charge on any atom is 0.262 e. The van der Waals surface area contributed by atoms with Gasteiger partial charge in [-0.3, -0.25) is 4.79 Å². The van der Waals surface area contributed by atoms with E-state index in [-0.39, 0.29) is 23.9 Å². The van der Waals surface area contributed by atoms with Crippen LogP contribution in [0.1, 0.15) is 47.8 Å². The van der Waals surface area contributed by atoms with E-state index in [4.69, 9.17) is 5.73 Å². The van der Waals surface area contributed by atoms with Crippen LogP contribution in [0.15, 0.2) is 11.4 Å². The molecule has 102 valence electrons. The summed E-state index contributed by atoms with van der Waals surface area (Å²) in [6, 6.07) is 2.03. The number of nitrogens with one attached hydrogen (secondary N) is 1. The van der Waals surface area contributed by atoms with Crippen LogP contribution in [0, 0.1) is 0 Å². The predicted octanol–water partition coefficient (Wildman–Crippen LogP) is 2.73. The summed E-state index contributed by atoms with van der Waals surface area (Å²) < 4.78 is 0. The van der Waals surface area contributed by atoms with E-state index < -0.39 is 0 Å². The zero-order valence-corrected chi connectivity index (χ0v) is 12.3. The van der Waals surface area contributed by atoms with Crippen LogP contribution in [0.2, 0.25) is 0 Å². The van der Waals surface area contributed by atoms with Crippen LogP contribution < -0.4 is 11.1 Å². The highest BCUT2D eigenvalue weighted by Gasteiger charge is 2.34. The minimum Gasteiger partial charge on any atom is -0.345 e. The molecule has 0 unspecified atom stereocenters. The first-order valence-corrected chi connectivity index (χ1v) is 7.18. The molecule has 3 nitrogen and oxygen atoms in total. The molecule has 0 aliphatic heterocycles. The summed E-state index contributed by atoms with van der Waals surface area (Å²) in [5.41, 5.74) is 6.82. The highest BCUT2D eigenvalue weighted by Crippen LogP contribution is 2.29. The molecule has 18 heavy (non-hydrogen) atoms. The van der Waals surface area contributed by atoms with Gasteiger partial charge in [0.05, 0.1) is 10.4 Å². The Kier molecular flexibility index (Phi) is 5.63. The number of carbonyl (C=O) groups is 1. The molecule has 1 heterocycles. The van der Waals surface area contributed by atoms with Crippen molar-refractivity contribution in [2.75, 3.05) is 6.54 Å². The van der Waals surface area contributed by atoms with Crippen LogP contribution in [0.5, 0.6) is 0 Å². The molecule has 0 bridgehead atoms. The van der Waals surface area contributed by atoms with Gasteiger partial charge in [0, 0.05) is 6.54 Å². The van der Waals surface area contributed by atoms with Crippen LogP contribution in [0.4, 0.5) is 0 Å². The van der Waals surface area contributed by atoms with Gasteiger partial charge in [-0.15, -0.1) is 23.7 Å². The third-order valence-electron chi connectivity index (χ3n) is 3.66. The van der Waals surface area contributed by atoms with Gasteiger partial charge in [0.25, 0.3) is 5.91 Å². The van der Waals surface area contributed by atoms with Crippen LogP contribution in [0.3, 0.4) is 0 Å². The van der Waals surface area contributed by atoms with E-state index in [1.165, 1.54) is 24.2 Å². The molecule has 1 fully saturated rings. The van der Waals surface area contributed by atoms with Crippen molar-refractivity contribution in [2.24, 2.45) is 5.73 Å². The van der Waals surface area contributed by atoms with E-state index in [0.29, 0.717) is 6.54 Å². The maximum atomic E-state index is 12.2. The summed E-state index contributed by atoms with van der Waals surface area (Å²) in [4.78, 5) is 13.1. The normalized spacial score (nSPS) is 17.2. The van der Waals surface area contributed by atoms with Crippen molar-refractivity contribution >= 4 is 29.7 Å². The molecule has 0 atom stereocenters. The molecule has 0 saturated heterocycles. The van der Waals surface area contributed by atoms with Gasteiger partial charge in [-0.2, -0.15) is 0 Å².